The van der Waals surface area contributed by atoms with Crippen molar-refractivity contribution in [2.75, 3.05) is 26.1 Å². The fourth-order valence-corrected chi connectivity index (χ4v) is 3.24. The zero-order chi connectivity index (χ0) is 15.4. The van der Waals surface area contributed by atoms with E-state index < -0.39 is 0 Å². The van der Waals surface area contributed by atoms with Gasteiger partial charge in [-0.05, 0) is 13.8 Å². The van der Waals surface area contributed by atoms with Gasteiger partial charge in [0.15, 0.2) is 5.65 Å². The first kappa shape index (κ1) is 15.8. The lowest BCUT2D eigenvalue weighted by Gasteiger charge is -2.10. The third-order valence-corrected chi connectivity index (χ3v) is 4.09. The Labute approximate surface area is 127 Å². The average Bonchev–Trinajstić information content (AvgIpc) is 2.75. The third kappa shape index (κ3) is 3.19. The van der Waals surface area contributed by atoms with Crippen LogP contribution in [0.3, 0.4) is 0 Å². The number of carbonyl (C=O) groups excluding carboxylic acids is 1. The van der Waals surface area contributed by atoms with Crippen LogP contribution in [-0.2, 0) is 16.5 Å². The Morgan fingerprint density at radius 3 is 2.90 bits per heavy atom. The SMILES string of the molecule is CCOC(=O)c1cnc2c(c(C)nn2C)c1SCCOC. The Bertz CT molecular complexity index is 654. The van der Waals surface area contributed by atoms with Crippen molar-refractivity contribution >= 4 is 28.8 Å². The van der Waals surface area contributed by atoms with Gasteiger partial charge < -0.3 is 9.47 Å². The van der Waals surface area contributed by atoms with E-state index >= 15 is 0 Å². The molecular formula is C14H19N3O3S. The number of fused-ring (bicyclic) bond motifs is 1. The fourth-order valence-electron chi connectivity index (χ4n) is 2.11. The maximum atomic E-state index is 12.1. The summed E-state index contributed by atoms with van der Waals surface area (Å²) in [5.74, 6) is 0.395. The monoisotopic (exact) mass is 309 g/mol. The van der Waals surface area contributed by atoms with Gasteiger partial charge in [0, 0.05) is 31.0 Å². The van der Waals surface area contributed by atoms with Crippen LogP contribution in [0.15, 0.2) is 11.1 Å². The molecule has 0 unspecified atom stereocenters. The van der Waals surface area contributed by atoms with Crippen molar-refractivity contribution in [2.24, 2.45) is 7.05 Å². The van der Waals surface area contributed by atoms with Crippen molar-refractivity contribution in [1.29, 1.82) is 0 Å². The van der Waals surface area contributed by atoms with Crippen LogP contribution in [0.4, 0.5) is 0 Å². The summed E-state index contributed by atoms with van der Waals surface area (Å²) in [7, 11) is 3.50. The normalized spacial score (nSPS) is 11.0. The Morgan fingerprint density at radius 1 is 1.48 bits per heavy atom. The zero-order valence-corrected chi connectivity index (χ0v) is 13.5. The van der Waals surface area contributed by atoms with Crippen molar-refractivity contribution in [1.82, 2.24) is 14.8 Å². The molecule has 0 aromatic carbocycles. The van der Waals surface area contributed by atoms with Crippen molar-refractivity contribution in [2.45, 2.75) is 18.7 Å². The van der Waals surface area contributed by atoms with Gasteiger partial charge in [-0.2, -0.15) is 5.10 Å². The molecule has 2 rings (SSSR count). The van der Waals surface area contributed by atoms with Gasteiger partial charge in [0.2, 0.25) is 0 Å². The molecule has 7 heteroatoms. The Balaban J connectivity index is 2.54. The van der Waals surface area contributed by atoms with Crippen molar-refractivity contribution in [3.8, 4) is 0 Å². The molecular weight excluding hydrogens is 290 g/mol. The van der Waals surface area contributed by atoms with Gasteiger partial charge in [-0.3, -0.25) is 4.68 Å². The number of pyridine rings is 1. The van der Waals surface area contributed by atoms with Crippen LogP contribution in [0, 0.1) is 6.92 Å². The standard InChI is InChI=1S/C14H19N3O3S/c1-5-20-14(18)10-8-15-13-11(9(2)16-17(13)3)12(10)21-7-6-19-4/h8H,5-7H2,1-4H3. The largest absolute Gasteiger partial charge is 0.462 e. The Morgan fingerprint density at radius 2 is 2.24 bits per heavy atom. The number of hydrogen-bond acceptors (Lipinski definition) is 6. The molecule has 0 atom stereocenters. The summed E-state index contributed by atoms with van der Waals surface area (Å²) in [5, 5.41) is 5.29. The lowest BCUT2D eigenvalue weighted by atomic mass is 10.2. The molecule has 0 radical (unpaired) electrons. The molecule has 21 heavy (non-hydrogen) atoms. The summed E-state index contributed by atoms with van der Waals surface area (Å²) in [6.45, 7) is 4.65. The first-order valence-corrected chi connectivity index (χ1v) is 7.69. The summed E-state index contributed by atoms with van der Waals surface area (Å²) >= 11 is 1.56. The predicted molar refractivity (Wildman–Crippen MR) is 81.8 cm³/mol. The van der Waals surface area contributed by atoms with Crippen molar-refractivity contribution < 1.29 is 14.3 Å². The van der Waals surface area contributed by atoms with E-state index in [1.165, 1.54) is 0 Å². The second kappa shape index (κ2) is 6.91. The second-order valence-corrected chi connectivity index (χ2v) is 5.58. The topological polar surface area (TPSA) is 66.2 Å². The quantitative estimate of drug-likeness (QED) is 0.463. The number of carbonyl (C=O) groups is 1. The van der Waals surface area contributed by atoms with Gasteiger partial charge in [0.25, 0.3) is 0 Å². The molecule has 0 fully saturated rings. The molecule has 2 aromatic heterocycles. The number of hydrogen-bond donors (Lipinski definition) is 0. The lowest BCUT2D eigenvalue weighted by molar-refractivity contribution is 0.0522. The van der Waals surface area contributed by atoms with Crippen molar-refractivity contribution in [3.05, 3.63) is 17.5 Å². The molecule has 6 nitrogen and oxygen atoms in total. The van der Waals surface area contributed by atoms with E-state index in [0.717, 1.165) is 27.4 Å². The van der Waals surface area contributed by atoms with Gasteiger partial charge >= 0.3 is 5.97 Å². The number of ether oxygens (including phenoxy) is 2. The number of methoxy groups -OCH3 is 1. The molecule has 0 spiro atoms. The highest BCUT2D eigenvalue weighted by atomic mass is 32.2. The molecule has 0 aliphatic heterocycles. The van der Waals surface area contributed by atoms with E-state index in [1.807, 2.05) is 14.0 Å². The minimum Gasteiger partial charge on any atom is -0.462 e. The number of nitrogens with zero attached hydrogens (tertiary/aromatic N) is 3. The Hall–Kier alpha value is -1.60. The number of esters is 1. The van der Waals surface area contributed by atoms with Crippen LogP contribution in [0.2, 0.25) is 0 Å². The van der Waals surface area contributed by atoms with Crippen LogP contribution in [0.25, 0.3) is 11.0 Å². The van der Waals surface area contributed by atoms with Crippen LogP contribution in [0.5, 0.6) is 0 Å². The number of thioether (sulfide) groups is 1. The molecule has 0 amide bonds. The van der Waals surface area contributed by atoms with Crippen molar-refractivity contribution in [3.63, 3.8) is 0 Å². The van der Waals surface area contributed by atoms with Crippen LogP contribution in [-0.4, -0.2) is 46.8 Å². The maximum Gasteiger partial charge on any atom is 0.340 e. The molecule has 0 N–H and O–H groups in total. The minimum atomic E-state index is -0.352. The van der Waals surface area contributed by atoms with Crippen LogP contribution in [0.1, 0.15) is 23.0 Å². The highest BCUT2D eigenvalue weighted by Gasteiger charge is 2.20. The van der Waals surface area contributed by atoms with Gasteiger partial charge in [0.1, 0.15) is 0 Å². The second-order valence-electron chi connectivity index (χ2n) is 4.47. The molecule has 2 aromatic rings. The minimum absolute atomic E-state index is 0.338. The zero-order valence-electron chi connectivity index (χ0n) is 12.7. The Kier molecular flexibility index (Phi) is 5.19. The molecule has 0 bridgehead atoms. The molecule has 0 saturated carbocycles. The van der Waals surface area contributed by atoms with Gasteiger partial charge in [-0.1, -0.05) is 0 Å². The number of aryl methyl sites for hydroxylation is 2. The van der Waals surface area contributed by atoms with E-state index in [1.54, 1.807) is 36.7 Å². The number of aromatic nitrogens is 3. The summed E-state index contributed by atoms with van der Waals surface area (Å²) in [6.07, 6.45) is 1.57. The van der Waals surface area contributed by atoms with Gasteiger partial charge in [-0.15, -0.1) is 11.8 Å². The van der Waals surface area contributed by atoms with Crippen LogP contribution < -0.4 is 0 Å². The fraction of sp³-hybridized carbons (Fsp3) is 0.500. The van der Waals surface area contributed by atoms with E-state index in [0.29, 0.717) is 18.8 Å². The van der Waals surface area contributed by atoms with E-state index in [-0.39, 0.29) is 5.97 Å². The van der Waals surface area contributed by atoms with E-state index in [9.17, 15) is 4.79 Å². The lowest BCUT2D eigenvalue weighted by Crippen LogP contribution is -2.08. The van der Waals surface area contributed by atoms with Crippen LogP contribution >= 0.6 is 11.8 Å². The smallest absolute Gasteiger partial charge is 0.340 e. The molecule has 2 heterocycles. The summed E-state index contributed by atoms with van der Waals surface area (Å²) in [5.41, 5.74) is 2.10. The summed E-state index contributed by atoms with van der Waals surface area (Å²) in [4.78, 5) is 17.3. The highest BCUT2D eigenvalue weighted by molar-refractivity contribution is 7.99. The van der Waals surface area contributed by atoms with Gasteiger partial charge in [-0.25, -0.2) is 9.78 Å². The first-order chi connectivity index (χ1) is 10.1. The van der Waals surface area contributed by atoms with Gasteiger partial charge in [0.05, 0.1) is 29.9 Å². The molecule has 0 aliphatic rings. The summed E-state index contributed by atoms with van der Waals surface area (Å²) in [6, 6.07) is 0. The number of rotatable bonds is 6. The molecule has 0 aliphatic carbocycles. The predicted octanol–water partition coefficient (Wildman–Crippen LogP) is 2.19. The molecule has 0 saturated heterocycles. The maximum absolute atomic E-state index is 12.1. The highest BCUT2D eigenvalue weighted by Crippen LogP contribution is 2.32. The van der Waals surface area contributed by atoms with E-state index in [2.05, 4.69) is 10.1 Å². The summed E-state index contributed by atoms with van der Waals surface area (Å²) < 4.78 is 11.9. The first-order valence-electron chi connectivity index (χ1n) is 6.71. The molecule has 114 valence electrons. The average molecular weight is 309 g/mol. The van der Waals surface area contributed by atoms with E-state index in [4.69, 9.17) is 9.47 Å². The third-order valence-electron chi connectivity index (χ3n) is 3.01.